The third kappa shape index (κ3) is 6.69. The molecule has 160 valence electrons. The lowest BCUT2D eigenvalue weighted by Gasteiger charge is -2.33. The van der Waals surface area contributed by atoms with E-state index >= 15 is 0 Å². The molecule has 3 atom stereocenters. The van der Waals surface area contributed by atoms with Crippen molar-refractivity contribution < 1.29 is 0 Å². The van der Waals surface area contributed by atoms with E-state index in [0.717, 1.165) is 29.4 Å². The molecule has 2 N–H and O–H groups in total. The Morgan fingerprint density at radius 3 is 2.38 bits per heavy atom. The Morgan fingerprint density at radius 2 is 1.79 bits per heavy atom. The quantitative estimate of drug-likeness (QED) is 0.357. The van der Waals surface area contributed by atoms with Crippen LogP contribution in [-0.4, -0.2) is 26.8 Å². The van der Waals surface area contributed by atoms with Gasteiger partial charge in [0.15, 0.2) is 11.8 Å². The molecule has 3 rings (SSSR count). The van der Waals surface area contributed by atoms with Crippen molar-refractivity contribution in [3.63, 3.8) is 0 Å². The number of aryl methyl sites for hydroxylation is 1. The van der Waals surface area contributed by atoms with Crippen LogP contribution in [0.3, 0.4) is 0 Å². The second-order valence-corrected chi connectivity index (χ2v) is 8.42. The molecule has 7 heteroatoms. The second-order valence-electron chi connectivity index (χ2n) is 8.42. The van der Waals surface area contributed by atoms with Gasteiger partial charge >= 0.3 is 0 Å². The van der Waals surface area contributed by atoms with Gasteiger partial charge in [0.1, 0.15) is 12.4 Å². The minimum atomic E-state index is 0. The maximum atomic E-state index is 4.85. The van der Waals surface area contributed by atoms with Gasteiger partial charge in [-0.05, 0) is 50.5 Å². The number of guanidine groups is 1. The summed E-state index contributed by atoms with van der Waals surface area (Å²) in [4.78, 5) is 4.85. The van der Waals surface area contributed by atoms with Crippen molar-refractivity contribution in [2.45, 2.75) is 65.6 Å². The van der Waals surface area contributed by atoms with Crippen LogP contribution in [0.4, 0.5) is 0 Å². The molecular formula is C22H35IN6. The lowest BCUT2D eigenvalue weighted by molar-refractivity contribution is 0.254. The molecule has 0 aliphatic heterocycles. The summed E-state index contributed by atoms with van der Waals surface area (Å²) in [6.45, 7) is 9.34. The van der Waals surface area contributed by atoms with E-state index in [4.69, 9.17) is 4.99 Å². The first-order valence-electron chi connectivity index (χ1n) is 10.4. The van der Waals surface area contributed by atoms with Crippen molar-refractivity contribution in [3.05, 3.63) is 47.5 Å². The van der Waals surface area contributed by atoms with Crippen LogP contribution < -0.4 is 10.6 Å². The molecule has 0 saturated heterocycles. The van der Waals surface area contributed by atoms with Gasteiger partial charge in [0, 0.05) is 13.1 Å². The van der Waals surface area contributed by atoms with E-state index in [1.54, 1.807) is 0 Å². The predicted molar refractivity (Wildman–Crippen MR) is 129 cm³/mol. The highest BCUT2D eigenvalue weighted by molar-refractivity contribution is 14.0. The van der Waals surface area contributed by atoms with Gasteiger partial charge in [0.05, 0.1) is 6.04 Å². The van der Waals surface area contributed by atoms with E-state index in [1.807, 2.05) is 24.6 Å². The van der Waals surface area contributed by atoms with Gasteiger partial charge < -0.3 is 15.2 Å². The number of aliphatic imine (C=N–C) groups is 1. The Kier molecular flexibility index (Phi) is 8.92. The predicted octanol–water partition coefficient (Wildman–Crippen LogP) is 4.36. The maximum absolute atomic E-state index is 4.85. The lowest BCUT2D eigenvalue weighted by atomic mass is 9.80. The summed E-state index contributed by atoms with van der Waals surface area (Å²) >= 11 is 0. The van der Waals surface area contributed by atoms with Crippen LogP contribution in [0.5, 0.6) is 0 Å². The zero-order chi connectivity index (χ0) is 20.1. The van der Waals surface area contributed by atoms with Crippen LogP contribution in [0.25, 0.3) is 0 Å². The van der Waals surface area contributed by atoms with Crippen LogP contribution >= 0.6 is 24.0 Å². The third-order valence-corrected chi connectivity index (χ3v) is 5.73. The Bertz CT molecular complexity index is 778. The topological polar surface area (TPSA) is 67.1 Å². The van der Waals surface area contributed by atoms with Crippen LogP contribution in [0.2, 0.25) is 0 Å². The molecule has 1 aromatic heterocycles. The first-order chi connectivity index (χ1) is 13.4. The fourth-order valence-corrected chi connectivity index (χ4v) is 4.16. The minimum Gasteiger partial charge on any atom is -0.354 e. The maximum Gasteiger partial charge on any atom is 0.192 e. The zero-order valence-corrected chi connectivity index (χ0v) is 20.6. The SMILES string of the molecule is Cc1nnc(CN=C(NC2CC(C)CC(C)C2)NC(C)c2ccccc2)n1C.I. The summed E-state index contributed by atoms with van der Waals surface area (Å²) < 4.78 is 1.99. The molecule has 29 heavy (non-hydrogen) atoms. The molecular weight excluding hydrogens is 475 g/mol. The highest BCUT2D eigenvalue weighted by Gasteiger charge is 2.25. The first-order valence-corrected chi connectivity index (χ1v) is 10.4. The number of nitrogens with zero attached hydrogens (tertiary/aromatic N) is 4. The Balaban J connectivity index is 0.00000300. The summed E-state index contributed by atoms with van der Waals surface area (Å²) in [6, 6.07) is 11.1. The number of aromatic nitrogens is 3. The van der Waals surface area contributed by atoms with Gasteiger partial charge in [-0.3, -0.25) is 0 Å². The van der Waals surface area contributed by atoms with Gasteiger partial charge in [0.2, 0.25) is 0 Å². The van der Waals surface area contributed by atoms with Crippen LogP contribution in [-0.2, 0) is 13.6 Å². The van der Waals surface area contributed by atoms with E-state index in [0.29, 0.717) is 12.6 Å². The largest absolute Gasteiger partial charge is 0.354 e. The zero-order valence-electron chi connectivity index (χ0n) is 18.2. The molecule has 3 unspecified atom stereocenters. The second kappa shape index (κ2) is 10.9. The van der Waals surface area contributed by atoms with Crippen LogP contribution in [0, 0.1) is 18.8 Å². The molecule has 1 fully saturated rings. The van der Waals surface area contributed by atoms with Crippen LogP contribution in [0.1, 0.15) is 63.3 Å². The van der Waals surface area contributed by atoms with Crippen molar-refractivity contribution in [1.82, 2.24) is 25.4 Å². The van der Waals surface area contributed by atoms with Crippen molar-refractivity contribution in [2.75, 3.05) is 0 Å². The Hall–Kier alpha value is -1.64. The molecule has 0 bridgehead atoms. The van der Waals surface area contributed by atoms with Crippen molar-refractivity contribution in [1.29, 1.82) is 0 Å². The number of hydrogen-bond acceptors (Lipinski definition) is 3. The highest BCUT2D eigenvalue weighted by Crippen LogP contribution is 2.28. The Morgan fingerprint density at radius 1 is 1.14 bits per heavy atom. The fraction of sp³-hybridized carbons (Fsp3) is 0.591. The summed E-state index contributed by atoms with van der Waals surface area (Å²) in [5, 5.41) is 15.7. The molecule has 0 spiro atoms. The molecule has 0 amide bonds. The van der Waals surface area contributed by atoms with Crippen molar-refractivity contribution in [2.24, 2.45) is 23.9 Å². The average Bonchev–Trinajstić information content (AvgIpc) is 2.98. The third-order valence-electron chi connectivity index (χ3n) is 5.73. The average molecular weight is 510 g/mol. The monoisotopic (exact) mass is 510 g/mol. The van der Waals surface area contributed by atoms with E-state index in [-0.39, 0.29) is 30.0 Å². The van der Waals surface area contributed by atoms with Gasteiger partial charge in [-0.25, -0.2) is 4.99 Å². The van der Waals surface area contributed by atoms with Gasteiger partial charge in [-0.15, -0.1) is 34.2 Å². The molecule has 0 radical (unpaired) electrons. The standard InChI is InChI=1S/C22H34N6.HI/c1-15-11-16(2)13-20(12-15)25-22(23-14-21-27-26-18(4)28(21)5)24-17(3)19-9-7-6-8-10-19;/h6-10,15-17,20H,11-14H2,1-5H3,(H2,23,24,25);1H. The smallest absolute Gasteiger partial charge is 0.192 e. The molecule has 1 saturated carbocycles. The number of hydrogen-bond donors (Lipinski definition) is 2. The summed E-state index contributed by atoms with van der Waals surface area (Å²) in [5.74, 6) is 4.12. The number of nitrogens with one attached hydrogen (secondary N) is 2. The fourth-order valence-electron chi connectivity index (χ4n) is 4.16. The Labute approximate surface area is 192 Å². The molecule has 1 heterocycles. The van der Waals surface area contributed by atoms with Gasteiger partial charge in [-0.2, -0.15) is 0 Å². The minimum absolute atomic E-state index is 0. The van der Waals surface area contributed by atoms with Crippen molar-refractivity contribution in [3.8, 4) is 0 Å². The van der Waals surface area contributed by atoms with E-state index < -0.39 is 0 Å². The van der Waals surface area contributed by atoms with E-state index in [2.05, 4.69) is 65.9 Å². The van der Waals surface area contributed by atoms with Crippen molar-refractivity contribution >= 4 is 29.9 Å². The number of halogens is 1. The van der Waals surface area contributed by atoms with Gasteiger partial charge in [0.25, 0.3) is 0 Å². The first kappa shape index (κ1) is 23.6. The molecule has 1 aromatic carbocycles. The molecule has 1 aliphatic carbocycles. The summed E-state index contributed by atoms with van der Waals surface area (Å²) in [5.41, 5.74) is 1.25. The van der Waals surface area contributed by atoms with E-state index in [9.17, 15) is 0 Å². The summed E-state index contributed by atoms with van der Waals surface area (Å²) in [6.07, 6.45) is 3.69. The van der Waals surface area contributed by atoms with Gasteiger partial charge in [-0.1, -0.05) is 44.2 Å². The summed E-state index contributed by atoms with van der Waals surface area (Å²) in [7, 11) is 1.98. The molecule has 1 aliphatic rings. The number of rotatable bonds is 5. The van der Waals surface area contributed by atoms with Crippen LogP contribution in [0.15, 0.2) is 35.3 Å². The molecule has 6 nitrogen and oxygen atoms in total. The lowest BCUT2D eigenvalue weighted by Crippen LogP contribution is -2.47. The highest BCUT2D eigenvalue weighted by atomic mass is 127. The van der Waals surface area contributed by atoms with E-state index in [1.165, 1.54) is 24.8 Å². The number of benzene rings is 1. The normalized spacial score (nSPS) is 23.2. The molecule has 2 aromatic rings.